The monoisotopic (exact) mass is 475 g/mol. The van der Waals surface area contributed by atoms with Gasteiger partial charge in [0.05, 0.1) is 18.1 Å². The van der Waals surface area contributed by atoms with Crippen LogP contribution in [0.5, 0.6) is 0 Å². The van der Waals surface area contributed by atoms with Gasteiger partial charge in [-0.25, -0.2) is 23.7 Å². The van der Waals surface area contributed by atoms with E-state index >= 15 is 0 Å². The van der Waals surface area contributed by atoms with Gasteiger partial charge in [-0.2, -0.15) is 4.98 Å². The second kappa shape index (κ2) is 8.58. The molecule has 11 heteroatoms. The molecule has 1 saturated heterocycles. The molecule has 5 aromatic rings. The number of alkyl halides is 2. The highest BCUT2D eigenvalue weighted by Gasteiger charge is 2.17. The number of nitrogens with zero attached hydrogens (tertiary/aromatic N) is 7. The van der Waals surface area contributed by atoms with E-state index < -0.39 is 6.43 Å². The average molecular weight is 476 g/mol. The summed E-state index contributed by atoms with van der Waals surface area (Å²) >= 11 is 0. The number of anilines is 3. The molecule has 0 saturated carbocycles. The lowest BCUT2D eigenvalue weighted by molar-refractivity contribution is 0.145. The molecule has 1 aliphatic heterocycles. The zero-order chi connectivity index (χ0) is 23.9. The number of imidazole rings is 1. The van der Waals surface area contributed by atoms with Crippen LogP contribution in [-0.4, -0.2) is 67.4 Å². The summed E-state index contributed by atoms with van der Waals surface area (Å²) in [5.41, 5.74) is 3.34. The van der Waals surface area contributed by atoms with Crippen LogP contribution in [0.2, 0.25) is 0 Å². The molecule has 1 fully saturated rings. The second-order valence-corrected chi connectivity index (χ2v) is 8.61. The fraction of sp³-hybridized carbons (Fsp3) is 0.250. The number of hydrogen-bond donors (Lipinski definition) is 2. The predicted octanol–water partition coefficient (Wildman–Crippen LogP) is 4.10. The number of likely N-dealkylation sites (N-methyl/N-ethyl adjacent to an activating group) is 1. The van der Waals surface area contributed by atoms with Crippen LogP contribution in [0.3, 0.4) is 0 Å². The van der Waals surface area contributed by atoms with Gasteiger partial charge in [0.1, 0.15) is 22.8 Å². The van der Waals surface area contributed by atoms with E-state index in [2.05, 4.69) is 47.1 Å². The van der Waals surface area contributed by atoms with Crippen molar-refractivity contribution in [1.29, 1.82) is 0 Å². The quantitative estimate of drug-likeness (QED) is 0.396. The Bertz CT molecular complexity index is 1480. The largest absolute Gasteiger partial charge is 0.354 e. The second-order valence-electron chi connectivity index (χ2n) is 8.61. The Labute approximate surface area is 199 Å². The van der Waals surface area contributed by atoms with Crippen molar-refractivity contribution in [2.75, 3.05) is 43.4 Å². The van der Waals surface area contributed by atoms with Crippen LogP contribution in [0.1, 0.15) is 12.1 Å². The van der Waals surface area contributed by atoms with Crippen LogP contribution in [0.4, 0.5) is 26.2 Å². The molecule has 0 aromatic carbocycles. The van der Waals surface area contributed by atoms with E-state index in [0.717, 1.165) is 54.2 Å². The van der Waals surface area contributed by atoms with Gasteiger partial charge in [-0.1, -0.05) is 0 Å². The van der Waals surface area contributed by atoms with Gasteiger partial charge >= 0.3 is 0 Å². The van der Waals surface area contributed by atoms with Gasteiger partial charge in [0.15, 0.2) is 0 Å². The number of piperazine rings is 1. The number of aromatic amines is 1. The summed E-state index contributed by atoms with van der Waals surface area (Å²) < 4.78 is 28.0. The van der Waals surface area contributed by atoms with Gasteiger partial charge in [-0.3, -0.25) is 4.40 Å². The van der Waals surface area contributed by atoms with Crippen molar-refractivity contribution in [3.63, 3.8) is 0 Å². The molecular weight excluding hydrogens is 452 g/mol. The smallest absolute Gasteiger partial charge is 0.280 e. The molecule has 2 N–H and O–H groups in total. The van der Waals surface area contributed by atoms with Crippen LogP contribution in [-0.2, 0) is 0 Å². The van der Waals surface area contributed by atoms with Gasteiger partial charge in [0, 0.05) is 61.3 Å². The van der Waals surface area contributed by atoms with E-state index in [9.17, 15) is 8.78 Å². The average Bonchev–Trinajstić information content (AvgIpc) is 3.49. The highest BCUT2D eigenvalue weighted by Crippen LogP contribution is 2.30. The Balaban J connectivity index is 1.23. The first kappa shape index (κ1) is 21.4. The minimum absolute atomic E-state index is 0.142. The molecule has 6 rings (SSSR count). The Morgan fingerprint density at radius 1 is 0.971 bits per heavy atom. The summed E-state index contributed by atoms with van der Waals surface area (Å²) in [6.07, 6.45) is 5.55. The molecule has 0 unspecified atom stereocenters. The van der Waals surface area contributed by atoms with Crippen molar-refractivity contribution in [3.05, 3.63) is 60.9 Å². The van der Waals surface area contributed by atoms with Gasteiger partial charge in [-0.05, 0) is 31.3 Å². The summed E-state index contributed by atoms with van der Waals surface area (Å²) in [7, 11) is 2.13. The van der Waals surface area contributed by atoms with Crippen LogP contribution < -0.4 is 10.2 Å². The van der Waals surface area contributed by atoms with Crippen LogP contribution in [0.15, 0.2) is 55.2 Å². The van der Waals surface area contributed by atoms with Crippen molar-refractivity contribution in [2.24, 2.45) is 0 Å². The normalized spacial score (nSPS) is 14.9. The van der Waals surface area contributed by atoms with Crippen molar-refractivity contribution >= 4 is 34.1 Å². The van der Waals surface area contributed by atoms with E-state index in [1.807, 2.05) is 18.2 Å². The molecule has 9 nitrogen and oxygen atoms in total. The van der Waals surface area contributed by atoms with E-state index in [1.54, 1.807) is 30.9 Å². The van der Waals surface area contributed by atoms with E-state index in [-0.39, 0.29) is 5.69 Å². The van der Waals surface area contributed by atoms with E-state index in [1.165, 1.54) is 10.6 Å². The van der Waals surface area contributed by atoms with E-state index in [0.29, 0.717) is 17.2 Å². The molecule has 6 heterocycles. The lowest BCUT2D eigenvalue weighted by Gasteiger charge is -2.33. The van der Waals surface area contributed by atoms with Gasteiger partial charge in [-0.15, -0.1) is 0 Å². The molecule has 0 radical (unpaired) electrons. The summed E-state index contributed by atoms with van der Waals surface area (Å²) in [5, 5.41) is 3.98. The third-order valence-corrected chi connectivity index (χ3v) is 6.33. The van der Waals surface area contributed by atoms with Crippen LogP contribution in [0, 0.1) is 0 Å². The Morgan fingerprint density at radius 3 is 2.60 bits per heavy atom. The maximum Gasteiger partial charge on any atom is 0.280 e. The van der Waals surface area contributed by atoms with Gasteiger partial charge in [0.25, 0.3) is 6.43 Å². The first-order valence-electron chi connectivity index (χ1n) is 11.3. The number of H-pyrrole nitrogens is 1. The highest BCUT2D eigenvalue weighted by molar-refractivity contribution is 5.93. The minimum Gasteiger partial charge on any atom is -0.354 e. The van der Waals surface area contributed by atoms with Crippen molar-refractivity contribution in [3.8, 4) is 11.1 Å². The third-order valence-electron chi connectivity index (χ3n) is 6.33. The van der Waals surface area contributed by atoms with Crippen LogP contribution >= 0.6 is 0 Å². The van der Waals surface area contributed by atoms with Crippen molar-refractivity contribution in [2.45, 2.75) is 6.43 Å². The maximum absolute atomic E-state index is 13.3. The van der Waals surface area contributed by atoms with Crippen molar-refractivity contribution < 1.29 is 8.78 Å². The fourth-order valence-electron chi connectivity index (χ4n) is 4.34. The predicted molar refractivity (Wildman–Crippen MR) is 130 cm³/mol. The number of aromatic nitrogens is 6. The molecule has 5 aromatic heterocycles. The Morgan fingerprint density at radius 2 is 1.83 bits per heavy atom. The van der Waals surface area contributed by atoms with E-state index in [4.69, 9.17) is 0 Å². The number of fused-ring (bicyclic) bond motifs is 2. The topological polar surface area (TPSA) is 90.3 Å². The van der Waals surface area contributed by atoms with Gasteiger partial charge < -0.3 is 20.1 Å². The number of halogens is 2. The number of nitrogens with one attached hydrogen (secondary N) is 2. The van der Waals surface area contributed by atoms with Gasteiger partial charge in [0.2, 0.25) is 5.95 Å². The minimum atomic E-state index is -2.61. The number of rotatable bonds is 5. The molecule has 0 aliphatic carbocycles. The Kier molecular flexibility index (Phi) is 5.25. The molecule has 35 heavy (non-hydrogen) atoms. The molecule has 0 spiro atoms. The summed E-state index contributed by atoms with van der Waals surface area (Å²) in [6.45, 7) is 3.97. The third kappa shape index (κ3) is 4.03. The summed E-state index contributed by atoms with van der Waals surface area (Å²) in [5.74, 6) is 1.39. The SMILES string of the molecule is CN1CCN(c2ccc(Nc3ncc4c(-c5ccc6ncc(C(F)F)n6c5)c[nH]c4n3)cn2)CC1. The lowest BCUT2D eigenvalue weighted by atomic mass is 10.1. The molecule has 0 atom stereocenters. The lowest BCUT2D eigenvalue weighted by Crippen LogP contribution is -2.44. The molecule has 0 amide bonds. The Hall–Kier alpha value is -4.12. The molecule has 1 aliphatic rings. The maximum atomic E-state index is 13.3. The standard InChI is InChI=1S/C24H23F2N9/c1-33-6-8-34(9-7-33)20-5-3-16(10-27-20)31-24-30-12-18-17(11-29-23(18)32-24)15-2-4-21-28-13-19(22(25)26)35(21)14-15/h2-5,10-14,22H,6-9H2,1H3,(H2,29,30,31,32). The molecular formula is C24H23F2N9. The molecule has 178 valence electrons. The zero-order valence-electron chi connectivity index (χ0n) is 19.0. The van der Waals surface area contributed by atoms with Crippen LogP contribution in [0.25, 0.3) is 27.8 Å². The highest BCUT2D eigenvalue weighted by atomic mass is 19.3. The summed E-state index contributed by atoms with van der Waals surface area (Å²) in [6, 6.07) is 7.53. The number of hydrogen-bond acceptors (Lipinski definition) is 7. The first-order valence-corrected chi connectivity index (χ1v) is 11.3. The first-order chi connectivity index (χ1) is 17.0. The number of pyridine rings is 2. The summed E-state index contributed by atoms with van der Waals surface area (Å²) in [4.78, 5) is 25.4. The zero-order valence-corrected chi connectivity index (χ0v) is 19.0. The fourth-order valence-corrected chi connectivity index (χ4v) is 4.34. The van der Waals surface area contributed by atoms with Crippen molar-refractivity contribution in [1.82, 2.24) is 34.2 Å². The molecule has 0 bridgehead atoms.